The Hall–Kier alpha value is -3.35. The minimum Gasteiger partial charge on any atom is -0.480 e. The average Bonchev–Trinajstić information content (AvgIpc) is 3.38. The summed E-state index contributed by atoms with van der Waals surface area (Å²) in [5, 5.41) is 12.0. The van der Waals surface area contributed by atoms with E-state index in [-0.39, 0.29) is 43.0 Å². The van der Waals surface area contributed by atoms with E-state index in [1.54, 1.807) is 0 Å². The maximum Gasteiger partial charge on any atom is 0.407 e. The van der Waals surface area contributed by atoms with Crippen LogP contribution in [0, 0.1) is 5.92 Å². The fourth-order valence-electron chi connectivity index (χ4n) is 5.04. The molecule has 1 saturated carbocycles. The van der Waals surface area contributed by atoms with Gasteiger partial charge in [0.05, 0.1) is 0 Å². The minimum absolute atomic E-state index is 0.00308. The van der Waals surface area contributed by atoms with Gasteiger partial charge in [-0.15, -0.1) is 0 Å². The Morgan fingerprint density at radius 3 is 2.21 bits per heavy atom. The van der Waals surface area contributed by atoms with Crippen molar-refractivity contribution in [2.45, 2.75) is 51.1 Å². The van der Waals surface area contributed by atoms with Crippen LogP contribution in [0.4, 0.5) is 4.79 Å². The largest absolute Gasteiger partial charge is 0.480 e. The zero-order valence-corrected chi connectivity index (χ0v) is 19.0. The second-order valence-corrected chi connectivity index (χ2v) is 9.13. The quantitative estimate of drug-likeness (QED) is 0.664. The van der Waals surface area contributed by atoms with Gasteiger partial charge in [0, 0.05) is 23.9 Å². The molecule has 33 heavy (non-hydrogen) atoms. The molecule has 174 valence electrons. The number of alkyl carbamates (subject to hydrolysis) is 1. The number of hydrogen-bond donors (Lipinski definition) is 2. The van der Waals surface area contributed by atoms with E-state index in [2.05, 4.69) is 29.6 Å². The van der Waals surface area contributed by atoms with Crippen molar-refractivity contribution in [3.8, 4) is 11.1 Å². The van der Waals surface area contributed by atoms with Crippen LogP contribution in [0.25, 0.3) is 11.1 Å². The third kappa shape index (κ3) is 4.87. The van der Waals surface area contributed by atoms with Crippen LogP contribution >= 0.6 is 0 Å². The fourth-order valence-corrected chi connectivity index (χ4v) is 5.04. The summed E-state index contributed by atoms with van der Waals surface area (Å²) in [5.74, 6) is -1.48. The molecule has 7 nitrogen and oxygen atoms in total. The van der Waals surface area contributed by atoms with Gasteiger partial charge in [-0.05, 0) is 55.4 Å². The molecule has 2 atom stereocenters. The van der Waals surface area contributed by atoms with E-state index in [9.17, 15) is 14.4 Å². The molecule has 2 aromatic rings. The van der Waals surface area contributed by atoms with E-state index in [1.165, 1.54) is 16.0 Å². The molecular formula is C26H30N2O5. The Morgan fingerprint density at radius 1 is 1.03 bits per heavy atom. The molecule has 0 bridgehead atoms. The van der Waals surface area contributed by atoms with Crippen LogP contribution in [0.5, 0.6) is 0 Å². The first-order valence-electron chi connectivity index (χ1n) is 11.5. The molecule has 1 fully saturated rings. The highest BCUT2D eigenvalue weighted by molar-refractivity contribution is 5.84. The summed E-state index contributed by atoms with van der Waals surface area (Å²) in [7, 11) is 0. The normalized spacial score (nSPS) is 19.1. The molecular weight excluding hydrogens is 420 g/mol. The minimum atomic E-state index is -1.02. The highest BCUT2D eigenvalue weighted by Gasteiger charge is 2.35. The second-order valence-electron chi connectivity index (χ2n) is 9.13. The van der Waals surface area contributed by atoms with E-state index in [1.807, 2.05) is 38.1 Å². The van der Waals surface area contributed by atoms with Crippen LogP contribution in [-0.4, -0.2) is 53.2 Å². The second kappa shape index (κ2) is 9.65. The van der Waals surface area contributed by atoms with Gasteiger partial charge in [0.2, 0.25) is 5.91 Å². The molecule has 0 aliphatic heterocycles. The summed E-state index contributed by atoms with van der Waals surface area (Å²) in [6.07, 6.45) is 1.29. The Labute approximate surface area is 193 Å². The summed E-state index contributed by atoms with van der Waals surface area (Å²) in [5.41, 5.74) is 4.67. The van der Waals surface area contributed by atoms with Crippen molar-refractivity contribution < 1.29 is 24.2 Å². The molecule has 0 unspecified atom stereocenters. The van der Waals surface area contributed by atoms with Gasteiger partial charge in [-0.3, -0.25) is 9.59 Å². The number of benzene rings is 2. The zero-order valence-electron chi connectivity index (χ0n) is 19.0. The van der Waals surface area contributed by atoms with E-state index >= 15 is 0 Å². The van der Waals surface area contributed by atoms with E-state index < -0.39 is 12.1 Å². The molecule has 0 spiro atoms. The van der Waals surface area contributed by atoms with E-state index in [0.29, 0.717) is 19.3 Å². The maximum atomic E-state index is 12.8. The molecule has 0 heterocycles. The molecule has 2 N–H and O–H groups in total. The van der Waals surface area contributed by atoms with Gasteiger partial charge in [0.15, 0.2) is 0 Å². The van der Waals surface area contributed by atoms with Crippen molar-refractivity contribution in [2.24, 2.45) is 5.92 Å². The Bertz CT molecular complexity index is 1000. The zero-order chi connectivity index (χ0) is 23.5. The number of nitrogens with zero attached hydrogens (tertiary/aromatic N) is 1. The van der Waals surface area contributed by atoms with Crippen molar-refractivity contribution in [2.75, 3.05) is 13.2 Å². The number of carbonyl (C=O) groups is 3. The van der Waals surface area contributed by atoms with E-state index in [0.717, 1.165) is 11.1 Å². The Kier molecular flexibility index (Phi) is 6.67. The number of hydrogen-bond acceptors (Lipinski definition) is 4. The van der Waals surface area contributed by atoms with Gasteiger partial charge < -0.3 is 20.1 Å². The summed E-state index contributed by atoms with van der Waals surface area (Å²) >= 11 is 0. The van der Waals surface area contributed by atoms with Gasteiger partial charge in [0.25, 0.3) is 0 Å². The number of ether oxygens (including phenoxy) is 1. The van der Waals surface area contributed by atoms with Gasteiger partial charge in [-0.1, -0.05) is 48.5 Å². The predicted molar refractivity (Wildman–Crippen MR) is 124 cm³/mol. The fraction of sp³-hybridized carbons (Fsp3) is 0.423. The summed E-state index contributed by atoms with van der Waals surface area (Å²) in [6.45, 7) is 3.55. The SMILES string of the molecule is CC(C)N(CC(=O)O)C(=O)[C@@H]1CC[C@H](NC(=O)OCC2c3ccccc3-c3ccccc32)C1. The number of amides is 2. The molecule has 4 rings (SSSR count). The van der Waals surface area contributed by atoms with Gasteiger partial charge in [0.1, 0.15) is 13.2 Å². The lowest BCUT2D eigenvalue weighted by Gasteiger charge is -2.27. The molecule has 0 radical (unpaired) electrons. The van der Waals surface area contributed by atoms with Crippen molar-refractivity contribution in [1.82, 2.24) is 10.2 Å². The van der Waals surface area contributed by atoms with Gasteiger partial charge >= 0.3 is 12.1 Å². The van der Waals surface area contributed by atoms with Crippen LogP contribution in [0.2, 0.25) is 0 Å². The topological polar surface area (TPSA) is 95.9 Å². The molecule has 0 saturated heterocycles. The third-order valence-corrected chi connectivity index (χ3v) is 6.66. The van der Waals surface area contributed by atoms with Crippen LogP contribution < -0.4 is 5.32 Å². The van der Waals surface area contributed by atoms with Crippen molar-refractivity contribution in [1.29, 1.82) is 0 Å². The number of carboxylic acids is 1. The number of nitrogens with one attached hydrogen (secondary N) is 1. The van der Waals surface area contributed by atoms with Crippen LogP contribution in [0.3, 0.4) is 0 Å². The first kappa shape index (κ1) is 22.8. The first-order chi connectivity index (χ1) is 15.8. The monoisotopic (exact) mass is 450 g/mol. The Morgan fingerprint density at radius 2 is 1.64 bits per heavy atom. The van der Waals surface area contributed by atoms with Crippen LogP contribution in [-0.2, 0) is 14.3 Å². The van der Waals surface area contributed by atoms with Crippen LogP contribution in [0.1, 0.15) is 50.2 Å². The lowest BCUT2D eigenvalue weighted by molar-refractivity contribution is -0.147. The third-order valence-electron chi connectivity index (χ3n) is 6.66. The molecule has 0 aromatic heterocycles. The van der Waals surface area contributed by atoms with Gasteiger partial charge in [-0.2, -0.15) is 0 Å². The molecule has 7 heteroatoms. The summed E-state index contributed by atoms with van der Waals surface area (Å²) in [6, 6.07) is 16.0. The van der Waals surface area contributed by atoms with E-state index in [4.69, 9.17) is 9.84 Å². The Balaban J connectivity index is 1.32. The number of carboxylic acid groups (broad SMARTS) is 1. The molecule has 2 aliphatic carbocycles. The lowest BCUT2D eigenvalue weighted by atomic mass is 9.98. The predicted octanol–water partition coefficient (Wildman–Crippen LogP) is 4.02. The van der Waals surface area contributed by atoms with Crippen molar-refractivity contribution in [3.05, 3.63) is 59.7 Å². The highest BCUT2D eigenvalue weighted by Crippen LogP contribution is 2.44. The first-order valence-corrected chi connectivity index (χ1v) is 11.5. The van der Waals surface area contributed by atoms with Crippen molar-refractivity contribution >= 4 is 18.0 Å². The van der Waals surface area contributed by atoms with Crippen LogP contribution in [0.15, 0.2) is 48.5 Å². The van der Waals surface area contributed by atoms with Crippen molar-refractivity contribution in [3.63, 3.8) is 0 Å². The highest BCUT2D eigenvalue weighted by atomic mass is 16.5. The summed E-state index contributed by atoms with van der Waals surface area (Å²) < 4.78 is 5.61. The number of fused-ring (bicyclic) bond motifs is 3. The average molecular weight is 451 g/mol. The lowest BCUT2D eigenvalue weighted by Crippen LogP contribution is -2.44. The number of rotatable bonds is 7. The standard InChI is InChI=1S/C26H30N2O5/c1-16(2)28(14-24(29)30)25(31)17-11-12-18(13-17)27-26(32)33-15-23-21-9-5-3-7-19(21)20-8-4-6-10-22(20)23/h3-10,16-18,23H,11-15H2,1-2H3,(H,27,32)(H,29,30)/t17-,18+/m1/s1. The smallest absolute Gasteiger partial charge is 0.407 e. The molecule has 2 amide bonds. The molecule has 2 aliphatic rings. The molecule has 2 aromatic carbocycles. The maximum absolute atomic E-state index is 12.8. The summed E-state index contributed by atoms with van der Waals surface area (Å²) in [4.78, 5) is 37.8. The number of carbonyl (C=O) groups excluding carboxylic acids is 2. The van der Waals surface area contributed by atoms with Gasteiger partial charge in [-0.25, -0.2) is 4.79 Å². The number of aliphatic carboxylic acids is 1.